The number of carbonyl (C=O) groups excluding carboxylic acids is 2. The van der Waals surface area contributed by atoms with Crippen molar-refractivity contribution in [3.05, 3.63) is 69.1 Å². The van der Waals surface area contributed by atoms with Gasteiger partial charge in [-0.2, -0.15) is 0 Å². The van der Waals surface area contributed by atoms with Gasteiger partial charge < -0.3 is 14.7 Å². The fraction of sp³-hybridized carbons (Fsp3) is 0.440. The van der Waals surface area contributed by atoms with E-state index in [0.717, 1.165) is 44.8 Å². The Morgan fingerprint density at radius 3 is 2.50 bits per heavy atom. The number of hydrogen-bond donors (Lipinski definition) is 1. The van der Waals surface area contributed by atoms with Crippen LogP contribution in [0.3, 0.4) is 0 Å². The molecular formula is C25H30N2O4S. The number of ketones is 1. The van der Waals surface area contributed by atoms with E-state index in [-0.39, 0.29) is 11.4 Å². The van der Waals surface area contributed by atoms with Gasteiger partial charge in [0, 0.05) is 26.2 Å². The van der Waals surface area contributed by atoms with Crippen LogP contribution in [-0.4, -0.2) is 66.0 Å². The first-order chi connectivity index (χ1) is 15.5. The number of amides is 1. The van der Waals surface area contributed by atoms with Crippen LogP contribution in [0.15, 0.2) is 53.1 Å². The summed E-state index contributed by atoms with van der Waals surface area (Å²) in [6, 6.07) is 11.0. The minimum Gasteiger partial charge on any atom is -0.503 e. The summed E-state index contributed by atoms with van der Waals surface area (Å²) in [5.74, 6) is -0.785. The second kappa shape index (κ2) is 9.98. The molecule has 3 heterocycles. The Kier molecular flexibility index (Phi) is 7.08. The van der Waals surface area contributed by atoms with Gasteiger partial charge in [-0.15, -0.1) is 11.3 Å². The summed E-state index contributed by atoms with van der Waals surface area (Å²) in [4.78, 5) is 30.8. The molecule has 1 fully saturated rings. The summed E-state index contributed by atoms with van der Waals surface area (Å²) in [6.45, 7) is 8.82. The minimum absolute atomic E-state index is 0.182. The molecule has 1 saturated heterocycles. The van der Waals surface area contributed by atoms with Crippen molar-refractivity contribution in [2.45, 2.75) is 32.2 Å². The van der Waals surface area contributed by atoms with Crippen molar-refractivity contribution < 1.29 is 19.4 Å². The van der Waals surface area contributed by atoms with E-state index in [2.05, 4.69) is 18.7 Å². The second-order valence-corrected chi connectivity index (χ2v) is 9.55. The second-order valence-electron chi connectivity index (χ2n) is 8.60. The molecule has 170 valence electrons. The van der Waals surface area contributed by atoms with E-state index in [1.165, 1.54) is 16.9 Å². The summed E-state index contributed by atoms with van der Waals surface area (Å²) in [6.07, 6.45) is 0.764. The van der Waals surface area contributed by atoms with E-state index in [1.807, 2.05) is 29.6 Å². The van der Waals surface area contributed by atoms with Crippen LogP contribution in [-0.2, 0) is 9.53 Å². The van der Waals surface area contributed by atoms with Gasteiger partial charge in [0.2, 0.25) is 5.78 Å². The van der Waals surface area contributed by atoms with E-state index >= 15 is 0 Å². The van der Waals surface area contributed by atoms with Crippen LogP contribution >= 0.6 is 11.3 Å². The van der Waals surface area contributed by atoms with Crippen molar-refractivity contribution in [2.24, 2.45) is 0 Å². The number of benzene rings is 1. The molecule has 0 radical (unpaired) electrons. The number of thiophene rings is 1. The molecule has 0 aliphatic carbocycles. The van der Waals surface area contributed by atoms with Gasteiger partial charge in [-0.3, -0.25) is 14.5 Å². The third-order valence-corrected chi connectivity index (χ3v) is 7.06. The van der Waals surface area contributed by atoms with E-state index in [9.17, 15) is 14.7 Å². The summed E-state index contributed by atoms with van der Waals surface area (Å²) >= 11 is 1.32. The first-order valence-electron chi connectivity index (χ1n) is 11.2. The number of aliphatic hydroxyl groups excluding tert-OH is 1. The lowest BCUT2D eigenvalue weighted by Gasteiger charge is -2.30. The van der Waals surface area contributed by atoms with Crippen LogP contribution < -0.4 is 0 Å². The quantitative estimate of drug-likeness (QED) is 0.606. The highest BCUT2D eigenvalue weighted by molar-refractivity contribution is 7.12. The average Bonchev–Trinajstić information content (AvgIpc) is 3.43. The Morgan fingerprint density at radius 2 is 1.88 bits per heavy atom. The third-order valence-electron chi connectivity index (χ3n) is 6.19. The number of hydrogen-bond acceptors (Lipinski definition) is 6. The normalized spacial score (nSPS) is 19.9. The SMILES string of the molecule is CC(C)c1ccc([C@@H]2C(C(=O)c3cccs3)=C(O)C(=O)N2CCCN2CCOCC2)cc1. The largest absolute Gasteiger partial charge is 0.503 e. The molecule has 0 unspecified atom stereocenters. The number of morpholine rings is 1. The molecule has 0 spiro atoms. The first kappa shape index (κ1) is 22.7. The standard InChI is InChI=1S/C25H30N2O4S/c1-17(2)18-6-8-19(9-7-18)22-21(23(28)20-5-3-16-32-20)24(29)25(30)27(22)11-4-10-26-12-14-31-15-13-26/h3,5-9,16-17,22,29H,4,10-15H2,1-2H3/t22-/m1/s1. The number of ether oxygens (including phenoxy) is 1. The lowest BCUT2D eigenvalue weighted by molar-refractivity contribution is -0.129. The summed E-state index contributed by atoms with van der Waals surface area (Å²) in [5, 5.41) is 12.6. The van der Waals surface area contributed by atoms with Crippen molar-refractivity contribution in [1.29, 1.82) is 0 Å². The van der Waals surface area contributed by atoms with Gasteiger partial charge in [-0.05, 0) is 34.9 Å². The smallest absolute Gasteiger partial charge is 0.290 e. The molecule has 4 rings (SSSR count). The van der Waals surface area contributed by atoms with Gasteiger partial charge in [0.05, 0.1) is 29.7 Å². The molecule has 2 aliphatic rings. The summed E-state index contributed by atoms with van der Waals surface area (Å²) < 4.78 is 5.41. The maximum absolute atomic E-state index is 13.3. The Balaban J connectivity index is 1.60. The zero-order chi connectivity index (χ0) is 22.7. The van der Waals surface area contributed by atoms with Gasteiger partial charge in [0.25, 0.3) is 5.91 Å². The fourth-order valence-electron chi connectivity index (χ4n) is 4.36. The highest BCUT2D eigenvalue weighted by Gasteiger charge is 2.43. The predicted octanol–water partition coefficient (Wildman–Crippen LogP) is 4.17. The number of rotatable bonds is 8. The third kappa shape index (κ3) is 4.65. The highest BCUT2D eigenvalue weighted by atomic mass is 32.1. The van der Waals surface area contributed by atoms with Crippen LogP contribution in [0.1, 0.15) is 53.0 Å². The van der Waals surface area contributed by atoms with Crippen LogP contribution in [0.5, 0.6) is 0 Å². The topological polar surface area (TPSA) is 70.1 Å². The molecule has 1 atom stereocenters. The summed E-state index contributed by atoms with van der Waals surface area (Å²) in [7, 11) is 0. The Bertz CT molecular complexity index is 976. The monoisotopic (exact) mass is 454 g/mol. The minimum atomic E-state index is -0.581. The predicted molar refractivity (Wildman–Crippen MR) is 125 cm³/mol. The first-order valence-corrected chi connectivity index (χ1v) is 12.1. The van der Waals surface area contributed by atoms with Crippen LogP contribution in [0.4, 0.5) is 0 Å². The van der Waals surface area contributed by atoms with Crippen LogP contribution in [0.25, 0.3) is 0 Å². The van der Waals surface area contributed by atoms with Gasteiger partial charge >= 0.3 is 0 Å². The average molecular weight is 455 g/mol. The molecule has 0 saturated carbocycles. The molecule has 32 heavy (non-hydrogen) atoms. The molecule has 7 heteroatoms. The molecule has 1 amide bonds. The molecular weight excluding hydrogens is 424 g/mol. The highest BCUT2D eigenvalue weighted by Crippen LogP contribution is 2.39. The zero-order valence-corrected chi connectivity index (χ0v) is 19.4. The van der Waals surface area contributed by atoms with E-state index in [1.54, 1.807) is 17.0 Å². The van der Waals surface area contributed by atoms with Crippen LogP contribution in [0.2, 0.25) is 0 Å². The molecule has 0 bridgehead atoms. The van der Waals surface area contributed by atoms with Gasteiger partial charge in [-0.25, -0.2) is 0 Å². The van der Waals surface area contributed by atoms with Crippen LogP contribution in [0, 0.1) is 0 Å². The lowest BCUT2D eigenvalue weighted by atomic mass is 9.93. The molecule has 2 aromatic rings. The molecule has 2 aliphatic heterocycles. The Labute approximate surface area is 193 Å². The van der Waals surface area contributed by atoms with Crippen molar-refractivity contribution in [1.82, 2.24) is 9.80 Å². The number of carbonyl (C=O) groups is 2. The number of Topliss-reactive ketones (excluding diaryl/α,β-unsaturated/α-hetero) is 1. The molecule has 1 N–H and O–H groups in total. The summed E-state index contributed by atoms with van der Waals surface area (Å²) in [5.41, 5.74) is 2.22. The maximum atomic E-state index is 13.3. The fourth-order valence-corrected chi connectivity index (χ4v) is 5.03. The van der Waals surface area contributed by atoms with Crippen molar-refractivity contribution >= 4 is 23.0 Å². The molecule has 1 aromatic heterocycles. The van der Waals surface area contributed by atoms with Crippen molar-refractivity contribution in [3.63, 3.8) is 0 Å². The molecule has 6 nitrogen and oxygen atoms in total. The van der Waals surface area contributed by atoms with E-state index in [4.69, 9.17) is 4.74 Å². The van der Waals surface area contributed by atoms with Gasteiger partial charge in [-0.1, -0.05) is 44.2 Å². The lowest BCUT2D eigenvalue weighted by Crippen LogP contribution is -2.39. The van der Waals surface area contributed by atoms with Gasteiger partial charge in [0.15, 0.2) is 5.76 Å². The Hall–Kier alpha value is -2.48. The van der Waals surface area contributed by atoms with E-state index < -0.39 is 17.7 Å². The number of aliphatic hydroxyl groups is 1. The Morgan fingerprint density at radius 1 is 1.16 bits per heavy atom. The maximum Gasteiger partial charge on any atom is 0.290 e. The van der Waals surface area contributed by atoms with Crippen molar-refractivity contribution in [3.8, 4) is 0 Å². The zero-order valence-electron chi connectivity index (χ0n) is 18.6. The van der Waals surface area contributed by atoms with Crippen molar-refractivity contribution in [2.75, 3.05) is 39.4 Å². The molecule has 1 aromatic carbocycles. The van der Waals surface area contributed by atoms with Gasteiger partial charge in [0.1, 0.15) is 0 Å². The van der Waals surface area contributed by atoms with E-state index in [0.29, 0.717) is 17.3 Å². The number of nitrogens with zero attached hydrogens (tertiary/aromatic N) is 2.